The van der Waals surface area contributed by atoms with Gasteiger partial charge in [0.1, 0.15) is 0 Å². The molecule has 0 heterocycles. The van der Waals surface area contributed by atoms with Crippen LogP contribution in [-0.2, 0) is 0 Å². The van der Waals surface area contributed by atoms with Crippen LogP contribution in [0.3, 0.4) is 0 Å². The van der Waals surface area contributed by atoms with Crippen LogP contribution in [0.1, 0.15) is 0 Å². The molecule has 1 aromatic carbocycles. The van der Waals surface area contributed by atoms with E-state index in [0.29, 0.717) is 0 Å². The van der Waals surface area contributed by atoms with Gasteiger partial charge in [-0.25, -0.2) is 0 Å². The first-order valence-corrected chi connectivity index (χ1v) is 11.2. The molecule has 0 fully saturated rings. The zero-order valence-electron chi connectivity index (χ0n) is 9.86. The molecule has 0 aliphatic carbocycles. The molecule has 0 radical (unpaired) electrons. The van der Waals surface area contributed by atoms with Crippen LogP contribution in [-0.4, -0.2) is 13.3 Å². The molecular formula is C15H20Ge. The van der Waals surface area contributed by atoms with Crippen molar-refractivity contribution in [2.75, 3.05) is 0 Å². The molecule has 0 amide bonds. The Morgan fingerprint density at radius 2 is 1.25 bits per heavy atom. The Hall–Kier alpha value is -1.02. The SMILES string of the molecule is C=C[CH2][Ge]([CH2]C=C)([CH2]C=C)[c]1ccccc1. The summed E-state index contributed by atoms with van der Waals surface area (Å²) in [6, 6.07) is 10.9. The molecule has 0 nitrogen and oxygen atoms in total. The van der Waals surface area contributed by atoms with Gasteiger partial charge in [0.2, 0.25) is 0 Å². The van der Waals surface area contributed by atoms with Gasteiger partial charge in [-0.05, 0) is 0 Å². The Kier molecular flexibility index (Phi) is 5.33. The van der Waals surface area contributed by atoms with Crippen LogP contribution >= 0.6 is 0 Å². The van der Waals surface area contributed by atoms with E-state index in [0.717, 1.165) is 15.8 Å². The van der Waals surface area contributed by atoms with Crippen LogP contribution in [0.25, 0.3) is 0 Å². The Labute approximate surface area is 102 Å². The Bertz CT molecular complexity index is 324. The number of rotatable bonds is 7. The van der Waals surface area contributed by atoms with Crippen molar-refractivity contribution in [3.05, 3.63) is 68.3 Å². The van der Waals surface area contributed by atoms with Gasteiger partial charge in [-0.1, -0.05) is 0 Å². The number of benzene rings is 1. The molecule has 1 rings (SSSR count). The van der Waals surface area contributed by atoms with Gasteiger partial charge in [-0.3, -0.25) is 0 Å². The average molecular weight is 273 g/mol. The van der Waals surface area contributed by atoms with Crippen LogP contribution < -0.4 is 4.40 Å². The molecule has 84 valence electrons. The standard InChI is InChI=1S/C15H20Ge/c1-4-12-16(13-5-2,14-6-3)15-10-8-7-9-11-15/h4-11H,1-3,12-14H2. The van der Waals surface area contributed by atoms with Crippen LogP contribution in [0, 0.1) is 0 Å². The predicted molar refractivity (Wildman–Crippen MR) is 76.8 cm³/mol. The topological polar surface area (TPSA) is 0 Å². The third-order valence-corrected chi connectivity index (χ3v) is 13.0. The zero-order chi connectivity index (χ0) is 11.9. The number of hydrogen-bond acceptors (Lipinski definition) is 0. The molecule has 0 atom stereocenters. The van der Waals surface area contributed by atoms with Gasteiger partial charge in [0.25, 0.3) is 0 Å². The fourth-order valence-corrected chi connectivity index (χ4v) is 10.1. The van der Waals surface area contributed by atoms with E-state index in [9.17, 15) is 0 Å². The molecule has 0 saturated carbocycles. The Morgan fingerprint density at radius 3 is 1.62 bits per heavy atom. The van der Waals surface area contributed by atoms with Crippen molar-refractivity contribution in [1.82, 2.24) is 0 Å². The van der Waals surface area contributed by atoms with Crippen LogP contribution in [0.15, 0.2) is 68.3 Å². The zero-order valence-corrected chi connectivity index (χ0v) is 12.0. The van der Waals surface area contributed by atoms with Crippen molar-refractivity contribution in [3.8, 4) is 0 Å². The van der Waals surface area contributed by atoms with E-state index in [1.54, 1.807) is 0 Å². The first kappa shape index (κ1) is 13.0. The van der Waals surface area contributed by atoms with Gasteiger partial charge in [0, 0.05) is 0 Å². The van der Waals surface area contributed by atoms with Gasteiger partial charge < -0.3 is 0 Å². The third kappa shape index (κ3) is 2.99. The molecule has 0 saturated heterocycles. The summed E-state index contributed by atoms with van der Waals surface area (Å²) in [5.74, 6) is 0. The molecule has 0 bridgehead atoms. The summed E-state index contributed by atoms with van der Waals surface area (Å²) in [6.07, 6.45) is 6.21. The van der Waals surface area contributed by atoms with E-state index >= 15 is 0 Å². The second-order valence-electron chi connectivity index (χ2n) is 4.12. The van der Waals surface area contributed by atoms with Crippen molar-refractivity contribution >= 4 is 17.7 Å². The minimum atomic E-state index is -2.09. The monoisotopic (exact) mass is 274 g/mol. The van der Waals surface area contributed by atoms with Crippen molar-refractivity contribution in [3.63, 3.8) is 0 Å². The molecule has 1 aromatic rings. The van der Waals surface area contributed by atoms with Crippen molar-refractivity contribution in [2.45, 2.75) is 15.8 Å². The summed E-state index contributed by atoms with van der Waals surface area (Å²) in [4.78, 5) is 0. The van der Waals surface area contributed by atoms with Gasteiger partial charge in [0.05, 0.1) is 0 Å². The van der Waals surface area contributed by atoms with E-state index in [4.69, 9.17) is 0 Å². The molecule has 0 unspecified atom stereocenters. The molecule has 0 aliphatic rings. The normalized spacial score (nSPS) is 10.8. The molecule has 0 aliphatic heterocycles. The summed E-state index contributed by atoms with van der Waals surface area (Å²) in [5.41, 5.74) is 0. The van der Waals surface area contributed by atoms with Gasteiger partial charge >= 0.3 is 102 Å². The Morgan fingerprint density at radius 1 is 0.812 bits per heavy atom. The Balaban J connectivity index is 3.13. The van der Waals surface area contributed by atoms with E-state index in [-0.39, 0.29) is 0 Å². The van der Waals surface area contributed by atoms with Crippen LogP contribution in [0.4, 0.5) is 0 Å². The molecular weight excluding hydrogens is 253 g/mol. The number of hydrogen-bond donors (Lipinski definition) is 0. The van der Waals surface area contributed by atoms with Crippen molar-refractivity contribution in [2.24, 2.45) is 0 Å². The summed E-state index contributed by atoms with van der Waals surface area (Å²) in [5, 5.41) is 3.42. The van der Waals surface area contributed by atoms with E-state index in [1.165, 1.54) is 4.40 Å². The first-order chi connectivity index (χ1) is 7.79. The van der Waals surface area contributed by atoms with E-state index < -0.39 is 13.3 Å². The number of allylic oxidation sites excluding steroid dienone is 3. The van der Waals surface area contributed by atoms with Gasteiger partial charge in [-0.2, -0.15) is 0 Å². The van der Waals surface area contributed by atoms with Gasteiger partial charge in [-0.15, -0.1) is 0 Å². The third-order valence-electron chi connectivity index (χ3n) is 2.99. The first-order valence-electron chi connectivity index (χ1n) is 5.67. The predicted octanol–water partition coefficient (Wildman–Crippen LogP) is 3.90. The fraction of sp³-hybridized carbons (Fsp3) is 0.200. The van der Waals surface area contributed by atoms with E-state index in [2.05, 4.69) is 68.3 Å². The summed E-state index contributed by atoms with van der Waals surface area (Å²) in [6.45, 7) is 11.7. The maximum atomic E-state index is 3.91. The quantitative estimate of drug-likeness (QED) is 0.522. The van der Waals surface area contributed by atoms with Gasteiger partial charge in [0.15, 0.2) is 0 Å². The molecule has 1 heteroatoms. The average Bonchev–Trinajstić information content (AvgIpc) is 2.31. The van der Waals surface area contributed by atoms with Crippen LogP contribution in [0.5, 0.6) is 0 Å². The molecule has 16 heavy (non-hydrogen) atoms. The molecule has 0 aromatic heterocycles. The van der Waals surface area contributed by atoms with E-state index in [1.807, 2.05) is 0 Å². The summed E-state index contributed by atoms with van der Waals surface area (Å²) in [7, 11) is 0. The summed E-state index contributed by atoms with van der Waals surface area (Å²) >= 11 is -2.09. The molecule has 0 spiro atoms. The molecule has 0 N–H and O–H groups in total. The second-order valence-corrected chi connectivity index (χ2v) is 13.3. The maximum absolute atomic E-state index is 3.91. The van der Waals surface area contributed by atoms with Crippen molar-refractivity contribution < 1.29 is 0 Å². The van der Waals surface area contributed by atoms with Crippen LogP contribution in [0.2, 0.25) is 15.8 Å². The van der Waals surface area contributed by atoms with Crippen molar-refractivity contribution in [1.29, 1.82) is 0 Å². The summed E-state index contributed by atoms with van der Waals surface area (Å²) < 4.78 is 1.53. The second kappa shape index (κ2) is 6.54. The fourth-order valence-electron chi connectivity index (χ4n) is 2.22. The minimum absolute atomic E-state index is 1.14.